The average Bonchev–Trinajstić information content (AvgIpc) is 2.19. The summed E-state index contributed by atoms with van der Waals surface area (Å²) in [5.74, 6) is -1.05. The van der Waals surface area contributed by atoms with Gasteiger partial charge in [-0.3, -0.25) is 4.79 Å². The molecule has 0 aromatic carbocycles. The standard InChI is InChI=1S/C11H16O3/c1-8(2)10(12)14-11(13)9-6-4-3-5-7-9/h9H,1,3-7H2,2H3. The summed E-state index contributed by atoms with van der Waals surface area (Å²) in [6.45, 7) is 4.96. The predicted molar refractivity (Wildman–Crippen MR) is 52.5 cm³/mol. The van der Waals surface area contributed by atoms with E-state index in [0.29, 0.717) is 0 Å². The Bertz CT molecular complexity index is 249. The molecule has 1 aliphatic carbocycles. The van der Waals surface area contributed by atoms with E-state index in [1.54, 1.807) is 0 Å². The summed E-state index contributed by atoms with van der Waals surface area (Å²) in [6, 6.07) is 0. The van der Waals surface area contributed by atoms with E-state index in [4.69, 9.17) is 0 Å². The van der Waals surface area contributed by atoms with Crippen molar-refractivity contribution in [2.24, 2.45) is 5.92 Å². The molecule has 1 aliphatic rings. The van der Waals surface area contributed by atoms with Crippen LogP contribution in [0.1, 0.15) is 39.0 Å². The van der Waals surface area contributed by atoms with Crippen LogP contribution in [-0.4, -0.2) is 11.9 Å². The Hall–Kier alpha value is -1.12. The number of rotatable bonds is 2. The maximum atomic E-state index is 11.4. The molecule has 14 heavy (non-hydrogen) atoms. The van der Waals surface area contributed by atoms with Crippen molar-refractivity contribution in [2.75, 3.05) is 0 Å². The quantitative estimate of drug-likeness (QED) is 0.386. The minimum Gasteiger partial charge on any atom is -0.389 e. The van der Waals surface area contributed by atoms with Gasteiger partial charge in [-0.05, 0) is 19.8 Å². The predicted octanol–water partition coefficient (Wildman–Crippen LogP) is 2.21. The van der Waals surface area contributed by atoms with E-state index in [1.807, 2.05) is 0 Å². The Labute approximate surface area is 84.1 Å². The lowest BCUT2D eigenvalue weighted by Gasteiger charge is -2.19. The summed E-state index contributed by atoms with van der Waals surface area (Å²) in [5.41, 5.74) is 0.272. The largest absolute Gasteiger partial charge is 0.389 e. The average molecular weight is 196 g/mol. The Morgan fingerprint density at radius 3 is 2.29 bits per heavy atom. The molecule has 0 saturated heterocycles. The van der Waals surface area contributed by atoms with Gasteiger partial charge in [0.2, 0.25) is 0 Å². The van der Waals surface area contributed by atoms with Gasteiger partial charge in [-0.25, -0.2) is 4.79 Å². The maximum absolute atomic E-state index is 11.4. The Balaban J connectivity index is 2.40. The number of hydrogen-bond acceptors (Lipinski definition) is 3. The molecule has 1 fully saturated rings. The SMILES string of the molecule is C=C(C)C(=O)OC(=O)C1CCCCC1. The second kappa shape index (κ2) is 4.94. The fraction of sp³-hybridized carbons (Fsp3) is 0.636. The highest BCUT2D eigenvalue weighted by molar-refractivity contribution is 5.95. The monoisotopic (exact) mass is 196 g/mol. The molecule has 0 unspecified atom stereocenters. The smallest absolute Gasteiger partial charge is 0.340 e. The molecule has 3 nitrogen and oxygen atoms in total. The van der Waals surface area contributed by atoms with Gasteiger partial charge in [0.1, 0.15) is 0 Å². The molecular formula is C11H16O3. The van der Waals surface area contributed by atoms with Crippen molar-refractivity contribution in [3.63, 3.8) is 0 Å². The summed E-state index contributed by atoms with van der Waals surface area (Å²) in [5, 5.41) is 0. The van der Waals surface area contributed by atoms with Crippen LogP contribution in [0.15, 0.2) is 12.2 Å². The lowest BCUT2D eigenvalue weighted by atomic mass is 9.89. The summed E-state index contributed by atoms with van der Waals surface area (Å²) < 4.78 is 4.67. The molecule has 0 spiro atoms. The first-order valence-corrected chi connectivity index (χ1v) is 5.03. The Morgan fingerprint density at radius 1 is 1.21 bits per heavy atom. The van der Waals surface area contributed by atoms with Crippen LogP contribution in [0.2, 0.25) is 0 Å². The first kappa shape index (κ1) is 11.0. The van der Waals surface area contributed by atoms with Gasteiger partial charge < -0.3 is 4.74 Å². The molecule has 0 amide bonds. The van der Waals surface area contributed by atoms with Crippen LogP contribution < -0.4 is 0 Å². The van der Waals surface area contributed by atoms with Gasteiger partial charge >= 0.3 is 11.9 Å². The number of hydrogen-bond donors (Lipinski definition) is 0. The van der Waals surface area contributed by atoms with E-state index in [0.717, 1.165) is 25.7 Å². The summed E-state index contributed by atoms with van der Waals surface area (Å²) in [6.07, 6.45) is 4.99. The first-order valence-electron chi connectivity index (χ1n) is 5.03. The van der Waals surface area contributed by atoms with Crippen LogP contribution in [0.25, 0.3) is 0 Å². The van der Waals surface area contributed by atoms with Crippen LogP contribution in [0.3, 0.4) is 0 Å². The van der Waals surface area contributed by atoms with Crippen LogP contribution in [0, 0.1) is 5.92 Å². The van der Waals surface area contributed by atoms with Crippen molar-refractivity contribution < 1.29 is 14.3 Å². The van der Waals surface area contributed by atoms with Crippen LogP contribution in [-0.2, 0) is 14.3 Å². The van der Waals surface area contributed by atoms with E-state index in [9.17, 15) is 9.59 Å². The zero-order valence-electron chi connectivity index (χ0n) is 8.54. The van der Waals surface area contributed by atoms with Gasteiger partial charge in [0.15, 0.2) is 0 Å². The second-order valence-electron chi connectivity index (χ2n) is 3.82. The zero-order chi connectivity index (χ0) is 10.6. The van der Waals surface area contributed by atoms with Crippen molar-refractivity contribution in [1.82, 2.24) is 0 Å². The van der Waals surface area contributed by atoms with E-state index < -0.39 is 5.97 Å². The summed E-state index contributed by atoms with van der Waals surface area (Å²) >= 11 is 0. The third-order valence-electron chi connectivity index (χ3n) is 2.48. The normalized spacial score (nSPS) is 17.5. The van der Waals surface area contributed by atoms with Gasteiger partial charge in [0, 0.05) is 5.57 Å². The molecule has 0 aromatic rings. The van der Waals surface area contributed by atoms with Gasteiger partial charge in [-0.15, -0.1) is 0 Å². The van der Waals surface area contributed by atoms with E-state index >= 15 is 0 Å². The second-order valence-corrected chi connectivity index (χ2v) is 3.82. The molecule has 0 heterocycles. The number of carbonyl (C=O) groups excluding carboxylic acids is 2. The Morgan fingerprint density at radius 2 is 1.79 bits per heavy atom. The summed E-state index contributed by atoms with van der Waals surface area (Å²) in [4.78, 5) is 22.5. The minimum absolute atomic E-state index is 0.0768. The van der Waals surface area contributed by atoms with Crippen LogP contribution in [0.5, 0.6) is 0 Å². The van der Waals surface area contributed by atoms with Crippen molar-refractivity contribution >= 4 is 11.9 Å². The number of carbonyl (C=O) groups is 2. The Kier molecular flexibility index (Phi) is 3.86. The molecule has 0 N–H and O–H groups in total. The van der Waals surface area contributed by atoms with Crippen LogP contribution >= 0.6 is 0 Å². The number of esters is 2. The summed E-state index contributed by atoms with van der Waals surface area (Å²) in [7, 11) is 0. The third kappa shape index (κ3) is 2.98. The van der Waals surface area contributed by atoms with Gasteiger partial charge in [0.05, 0.1) is 5.92 Å². The molecule has 78 valence electrons. The zero-order valence-corrected chi connectivity index (χ0v) is 8.54. The molecule has 0 bridgehead atoms. The first-order chi connectivity index (χ1) is 6.61. The minimum atomic E-state index is -0.597. The highest BCUT2D eigenvalue weighted by Gasteiger charge is 2.24. The third-order valence-corrected chi connectivity index (χ3v) is 2.48. The van der Waals surface area contributed by atoms with Crippen molar-refractivity contribution in [2.45, 2.75) is 39.0 Å². The maximum Gasteiger partial charge on any atom is 0.340 e. The lowest BCUT2D eigenvalue weighted by molar-refractivity contribution is -0.160. The van der Waals surface area contributed by atoms with Crippen LogP contribution in [0.4, 0.5) is 0 Å². The topological polar surface area (TPSA) is 43.4 Å². The van der Waals surface area contributed by atoms with Crippen molar-refractivity contribution in [3.05, 3.63) is 12.2 Å². The fourth-order valence-electron chi connectivity index (χ4n) is 1.60. The molecule has 3 heteroatoms. The highest BCUT2D eigenvalue weighted by atomic mass is 16.6. The number of ether oxygens (including phenoxy) is 1. The van der Waals surface area contributed by atoms with Crippen molar-refractivity contribution in [3.8, 4) is 0 Å². The van der Waals surface area contributed by atoms with E-state index in [-0.39, 0.29) is 17.5 Å². The molecule has 0 aromatic heterocycles. The lowest BCUT2D eigenvalue weighted by Crippen LogP contribution is -2.23. The molecule has 0 atom stereocenters. The van der Waals surface area contributed by atoms with Crippen molar-refractivity contribution in [1.29, 1.82) is 0 Å². The van der Waals surface area contributed by atoms with Gasteiger partial charge in [-0.1, -0.05) is 25.8 Å². The molecular weight excluding hydrogens is 180 g/mol. The molecule has 1 saturated carbocycles. The van der Waals surface area contributed by atoms with Gasteiger partial charge in [-0.2, -0.15) is 0 Å². The van der Waals surface area contributed by atoms with E-state index in [1.165, 1.54) is 13.3 Å². The van der Waals surface area contributed by atoms with E-state index in [2.05, 4.69) is 11.3 Å². The molecule has 0 radical (unpaired) electrons. The van der Waals surface area contributed by atoms with Gasteiger partial charge in [0.25, 0.3) is 0 Å². The molecule has 0 aliphatic heterocycles. The molecule has 1 rings (SSSR count). The highest BCUT2D eigenvalue weighted by Crippen LogP contribution is 2.24. The fourth-order valence-corrected chi connectivity index (χ4v) is 1.60.